The lowest BCUT2D eigenvalue weighted by Gasteiger charge is -2.18. The van der Waals surface area contributed by atoms with E-state index < -0.39 is 0 Å². The van der Waals surface area contributed by atoms with E-state index in [0.29, 0.717) is 11.9 Å². The predicted octanol–water partition coefficient (Wildman–Crippen LogP) is 0.235. The van der Waals surface area contributed by atoms with Gasteiger partial charge in [0.2, 0.25) is 5.91 Å². The molecule has 0 aromatic rings. The zero-order valence-electron chi connectivity index (χ0n) is 6.28. The highest BCUT2D eigenvalue weighted by atomic mass is 79.9. The van der Waals surface area contributed by atoms with Gasteiger partial charge in [0.25, 0.3) is 0 Å². The van der Waals surface area contributed by atoms with Gasteiger partial charge in [0.1, 0.15) is 0 Å². The fourth-order valence-electron chi connectivity index (χ4n) is 0.374. The maximum atomic E-state index is 10.6. The highest BCUT2D eigenvalue weighted by Gasteiger charge is 2.10. The van der Waals surface area contributed by atoms with E-state index >= 15 is 0 Å². The molecule has 1 amide bonds. The molecular weight excluding hydrogens is 196 g/mol. The lowest BCUT2D eigenvalue weighted by molar-refractivity contribution is -0.118. The maximum Gasteiger partial charge on any atom is 0.230 e. The summed E-state index contributed by atoms with van der Waals surface area (Å²) in [5.74, 6) is -0.0291. The second kappa shape index (κ2) is 3.93. The minimum Gasteiger partial charge on any atom is -0.354 e. The normalized spacial score (nSPS) is 11.2. The van der Waals surface area contributed by atoms with Crippen LogP contribution in [0.15, 0.2) is 0 Å². The van der Waals surface area contributed by atoms with Gasteiger partial charge in [0.05, 0.1) is 5.33 Å². The van der Waals surface area contributed by atoms with Gasteiger partial charge in [-0.05, 0) is 13.8 Å². The Hall–Kier alpha value is -0.0900. The largest absolute Gasteiger partial charge is 0.354 e. The van der Waals surface area contributed by atoms with Gasteiger partial charge in [-0.2, -0.15) is 0 Å². The summed E-state index contributed by atoms with van der Waals surface area (Å²) in [6.45, 7) is 4.24. The summed E-state index contributed by atoms with van der Waals surface area (Å²) in [6, 6.07) is 0. The van der Waals surface area contributed by atoms with E-state index in [2.05, 4.69) is 21.2 Å². The summed E-state index contributed by atoms with van der Waals surface area (Å²) in [5, 5.41) is 3.00. The van der Waals surface area contributed by atoms with E-state index in [0.717, 1.165) is 0 Å². The number of nitrogens with one attached hydrogen (secondary N) is 1. The number of hydrogen-bond acceptors (Lipinski definition) is 2. The van der Waals surface area contributed by atoms with Crippen LogP contribution in [-0.2, 0) is 4.79 Å². The van der Waals surface area contributed by atoms with Crippen LogP contribution in [0.2, 0.25) is 0 Å². The minimum absolute atomic E-state index is 0.0291. The highest BCUT2D eigenvalue weighted by molar-refractivity contribution is 9.09. The Morgan fingerprint density at radius 3 is 2.50 bits per heavy atom. The third-order valence-electron chi connectivity index (χ3n) is 0.863. The molecule has 0 unspecified atom stereocenters. The number of alkyl halides is 1. The van der Waals surface area contributed by atoms with Gasteiger partial charge in [-0.1, -0.05) is 15.9 Å². The van der Waals surface area contributed by atoms with Crippen molar-refractivity contribution in [3.63, 3.8) is 0 Å². The molecule has 0 fully saturated rings. The van der Waals surface area contributed by atoms with Gasteiger partial charge < -0.3 is 11.1 Å². The van der Waals surface area contributed by atoms with Gasteiger partial charge in [-0.25, -0.2) is 0 Å². The monoisotopic (exact) mass is 208 g/mol. The van der Waals surface area contributed by atoms with Crippen molar-refractivity contribution < 1.29 is 4.79 Å². The van der Waals surface area contributed by atoms with Crippen LogP contribution in [-0.4, -0.2) is 23.3 Å². The zero-order valence-corrected chi connectivity index (χ0v) is 7.86. The summed E-state index contributed by atoms with van der Waals surface area (Å²) in [5.41, 5.74) is 5.29. The number of rotatable bonds is 3. The molecule has 0 atom stereocenters. The second-order valence-electron chi connectivity index (χ2n) is 2.90. The van der Waals surface area contributed by atoms with Crippen LogP contribution in [0, 0.1) is 0 Å². The Labute approximate surface area is 69.5 Å². The number of nitrogens with two attached hydrogens (primary N) is 1. The van der Waals surface area contributed by atoms with E-state index in [1.165, 1.54) is 0 Å². The summed E-state index contributed by atoms with van der Waals surface area (Å²) in [6.07, 6.45) is 0. The van der Waals surface area contributed by atoms with Gasteiger partial charge in [-0.15, -0.1) is 0 Å². The molecular formula is C6H13BrN2O. The van der Waals surface area contributed by atoms with E-state index in [9.17, 15) is 4.79 Å². The third-order valence-corrected chi connectivity index (χ3v) is 1.37. The maximum absolute atomic E-state index is 10.6. The molecule has 0 saturated heterocycles. The molecule has 0 rings (SSSR count). The number of carbonyl (C=O) groups excluding carboxylic acids is 1. The molecule has 4 heteroatoms. The van der Waals surface area contributed by atoms with Crippen LogP contribution in [0.4, 0.5) is 0 Å². The molecule has 0 aliphatic rings. The van der Waals surface area contributed by atoms with Crippen LogP contribution in [0.3, 0.4) is 0 Å². The summed E-state index contributed by atoms with van der Waals surface area (Å²) in [7, 11) is 0. The van der Waals surface area contributed by atoms with Crippen molar-refractivity contribution in [2.75, 3.05) is 11.9 Å². The summed E-state index contributed by atoms with van der Waals surface area (Å²) in [4.78, 5) is 10.6. The van der Waals surface area contributed by atoms with E-state index in [4.69, 9.17) is 5.73 Å². The van der Waals surface area contributed by atoms with E-state index in [1.807, 2.05) is 13.8 Å². The highest BCUT2D eigenvalue weighted by Crippen LogP contribution is 1.92. The van der Waals surface area contributed by atoms with Gasteiger partial charge >= 0.3 is 0 Å². The van der Waals surface area contributed by atoms with Crippen LogP contribution in [0.1, 0.15) is 13.8 Å². The Morgan fingerprint density at radius 1 is 1.70 bits per heavy atom. The van der Waals surface area contributed by atoms with Crippen molar-refractivity contribution >= 4 is 21.8 Å². The molecule has 60 valence electrons. The topological polar surface area (TPSA) is 55.1 Å². The number of halogens is 1. The molecule has 0 aliphatic carbocycles. The number of hydrogen-bond donors (Lipinski definition) is 2. The van der Waals surface area contributed by atoms with Crippen molar-refractivity contribution in [3.8, 4) is 0 Å². The molecule has 10 heavy (non-hydrogen) atoms. The Kier molecular flexibility index (Phi) is 3.89. The summed E-state index contributed by atoms with van der Waals surface area (Å²) >= 11 is 3.03. The van der Waals surface area contributed by atoms with Crippen molar-refractivity contribution in [2.24, 2.45) is 5.73 Å². The Bertz CT molecular complexity index is 119. The zero-order chi connectivity index (χ0) is 8.20. The molecule has 0 aromatic heterocycles. The molecule has 0 aromatic carbocycles. The standard InChI is InChI=1S/C6H13BrN2O/c1-6(2,8)4-9-5(10)3-7/h3-4,8H2,1-2H3,(H,9,10). The minimum atomic E-state index is -0.322. The average molecular weight is 209 g/mol. The average Bonchev–Trinajstić information content (AvgIpc) is 1.81. The Morgan fingerprint density at radius 2 is 2.20 bits per heavy atom. The van der Waals surface area contributed by atoms with Crippen LogP contribution in [0.25, 0.3) is 0 Å². The Balaban J connectivity index is 3.46. The molecule has 0 aliphatic heterocycles. The van der Waals surface area contributed by atoms with Crippen molar-refractivity contribution in [3.05, 3.63) is 0 Å². The van der Waals surface area contributed by atoms with Crippen molar-refractivity contribution in [1.29, 1.82) is 0 Å². The van der Waals surface area contributed by atoms with Crippen LogP contribution < -0.4 is 11.1 Å². The quantitative estimate of drug-likeness (QED) is 0.654. The first-order valence-electron chi connectivity index (χ1n) is 3.07. The van der Waals surface area contributed by atoms with E-state index in [1.54, 1.807) is 0 Å². The second-order valence-corrected chi connectivity index (χ2v) is 3.46. The first kappa shape index (κ1) is 9.91. The molecule has 0 spiro atoms. The molecule has 0 radical (unpaired) electrons. The number of carbonyl (C=O) groups is 1. The molecule has 0 bridgehead atoms. The van der Waals surface area contributed by atoms with Crippen molar-refractivity contribution in [1.82, 2.24) is 5.32 Å². The summed E-state index contributed by atoms with van der Waals surface area (Å²) < 4.78 is 0. The fraction of sp³-hybridized carbons (Fsp3) is 0.833. The smallest absolute Gasteiger partial charge is 0.230 e. The van der Waals surface area contributed by atoms with Crippen LogP contribution >= 0.6 is 15.9 Å². The van der Waals surface area contributed by atoms with Gasteiger partial charge in [-0.3, -0.25) is 4.79 Å². The fourth-order valence-corrected chi connectivity index (χ4v) is 0.572. The first-order valence-corrected chi connectivity index (χ1v) is 4.19. The third kappa shape index (κ3) is 6.04. The SMILES string of the molecule is CC(C)(N)CNC(=O)CBr. The van der Waals surface area contributed by atoms with Gasteiger partial charge in [0, 0.05) is 12.1 Å². The van der Waals surface area contributed by atoms with Crippen molar-refractivity contribution in [2.45, 2.75) is 19.4 Å². The molecule has 3 nitrogen and oxygen atoms in total. The van der Waals surface area contributed by atoms with E-state index in [-0.39, 0.29) is 11.4 Å². The lowest BCUT2D eigenvalue weighted by Crippen LogP contribution is -2.45. The molecule has 0 saturated carbocycles. The number of amides is 1. The predicted molar refractivity (Wildman–Crippen MR) is 45.1 cm³/mol. The molecule has 3 N–H and O–H groups in total. The van der Waals surface area contributed by atoms with Gasteiger partial charge in [0.15, 0.2) is 0 Å². The molecule has 0 heterocycles. The lowest BCUT2D eigenvalue weighted by atomic mass is 10.1. The first-order chi connectivity index (χ1) is 4.45. The van der Waals surface area contributed by atoms with Crippen LogP contribution in [0.5, 0.6) is 0 Å².